The van der Waals surface area contributed by atoms with Crippen LogP contribution in [-0.2, 0) is 10.0 Å². The van der Waals surface area contributed by atoms with Gasteiger partial charge in [-0.25, -0.2) is 13.1 Å². The highest BCUT2D eigenvalue weighted by molar-refractivity contribution is 7.89. The number of hydrogen-bond donors (Lipinski definition) is 1. The van der Waals surface area contributed by atoms with Gasteiger partial charge in [-0.3, -0.25) is 0 Å². The molecule has 1 aliphatic heterocycles. The van der Waals surface area contributed by atoms with Gasteiger partial charge in [-0.05, 0) is 45.1 Å². The molecule has 1 aromatic carbocycles. The van der Waals surface area contributed by atoms with Crippen LogP contribution in [0.5, 0.6) is 0 Å². The number of rotatable bonds is 8. The number of nitrogens with zero attached hydrogens (tertiary/aromatic N) is 4. The quantitative estimate of drug-likeness (QED) is 0.479. The van der Waals surface area contributed by atoms with Crippen molar-refractivity contribution in [3.63, 3.8) is 0 Å². The molecule has 1 aliphatic rings. The third-order valence-electron chi connectivity index (χ3n) is 5.42. The van der Waals surface area contributed by atoms with Crippen LogP contribution in [0.15, 0.2) is 39.8 Å². The van der Waals surface area contributed by atoms with Gasteiger partial charge in [0.25, 0.3) is 5.89 Å². The first-order valence-electron chi connectivity index (χ1n) is 10.4. The Morgan fingerprint density at radius 2 is 2.00 bits per heavy atom. The van der Waals surface area contributed by atoms with Crippen molar-refractivity contribution in [2.24, 2.45) is 0 Å². The van der Waals surface area contributed by atoms with E-state index in [-0.39, 0.29) is 10.8 Å². The first kappa shape index (κ1) is 23.3. The monoisotopic (exact) mass is 495 g/mol. The first-order chi connectivity index (χ1) is 15.3. The normalized spacial score (nSPS) is 16.0. The van der Waals surface area contributed by atoms with Crippen molar-refractivity contribution in [3.05, 3.63) is 40.2 Å². The highest BCUT2D eigenvalue weighted by Crippen LogP contribution is 2.33. The smallest absolute Gasteiger partial charge is 0.268 e. The lowest BCUT2D eigenvalue weighted by molar-refractivity contribution is 0.153. The van der Waals surface area contributed by atoms with Gasteiger partial charge in [-0.1, -0.05) is 28.9 Å². The lowest BCUT2D eigenvalue weighted by atomic mass is 10.2. The van der Waals surface area contributed by atoms with Crippen LogP contribution in [0.2, 0.25) is 5.02 Å². The molecule has 3 heterocycles. The molecular formula is C21H26ClN5O3S2. The van der Waals surface area contributed by atoms with Gasteiger partial charge >= 0.3 is 0 Å². The average Bonchev–Trinajstić information content (AvgIpc) is 3.40. The Balaban J connectivity index is 1.39. The summed E-state index contributed by atoms with van der Waals surface area (Å²) in [7, 11) is -1.49. The van der Waals surface area contributed by atoms with E-state index in [1.54, 1.807) is 25.1 Å². The Morgan fingerprint density at radius 1 is 1.22 bits per heavy atom. The Morgan fingerprint density at radius 3 is 2.75 bits per heavy atom. The molecule has 172 valence electrons. The molecule has 0 aliphatic carbocycles. The summed E-state index contributed by atoms with van der Waals surface area (Å²) in [6.45, 7) is 7.22. The summed E-state index contributed by atoms with van der Waals surface area (Å²) in [4.78, 5) is 10.6. The van der Waals surface area contributed by atoms with Gasteiger partial charge in [0.05, 0.1) is 9.77 Å². The Bertz CT molecular complexity index is 1170. The van der Waals surface area contributed by atoms with E-state index in [1.165, 1.54) is 11.3 Å². The summed E-state index contributed by atoms with van der Waals surface area (Å²) in [5.74, 6) is 0.685. The van der Waals surface area contributed by atoms with Crippen molar-refractivity contribution in [2.45, 2.75) is 18.2 Å². The summed E-state index contributed by atoms with van der Waals surface area (Å²) in [5, 5.41) is 4.58. The van der Waals surface area contributed by atoms with E-state index < -0.39 is 10.0 Å². The van der Waals surface area contributed by atoms with E-state index in [2.05, 4.69) is 31.7 Å². The van der Waals surface area contributed by atoms with Gasteiger partial charge < -0.3 is 14.3 Å². The molecule has 0 atom stereocenters. The molecular weight excluding hydrogens is 470 g/mol. The van der Waals surface area contributed by atoms with Crippen LogP contribution in [0.1, 0.15) is 11.3 Å². The molecule has 32 heavy (non-hydrogen) atoms. The molecule has 3 aromatic rings. The van der Waals surface area contributed by atoms with Crippen LogP contribution in [0.3, 0.4) is 0 Å². The van der Waals surface area contributed by atoms with Crippen LogP contribution in [0.4, 0.5) is 0 Å². The Hall–Kier alpha value is -1.82. The highest BCUT2D eigenvalue weighted by Gasteiger charge is 2.23. The summed E-state index contributed by atoms with van der Waals surface area (Å²) in [6.07, 6.45) is 0.769. The van der Waals surface area contributed by atoms with Crippen LogP contribution in [0.25, 0.3) is 22.2 Å². The van der Waals surface area contributed by atoms with Crippen molar-refractivity contribution in [3.8, 4) is 22.2 Å². The molecule has 1 N–H and O–H groups in total. The van der Waals surface area contributed by atoms with Gasteiger partial charge in [0.15, 0.2) is 0 Å². The first-order valence-corrected chi connectivity index (χ1v) is 13.1. The van der Waals surface area contributed by atoms with Crippen LogP contribution < -0.4 is 4.72 Å². The van der Waals surface area contributed by atoms with E-state index >= 15 is 0 Å². The fourth-order valence-electron chi connectivity index (χ4n) is 3.56. The third kappa shape index (κ3) is 5.56. The SMILES string of the molecule is Cc1sc(-c2nc(-c3cccc(Cl)c3)no2)cc1S(=O)(=O)NCCCN1CCN(C)CC1. The van der Waals surface area contributed by atoms with Crippen LogP contribution in [0, 0.1) is 6.92 Å². The fourth-order valence-corrected chi connectivity index (χ4v) is 6.34. The molecule has 11 heteroatoms. The number of piperazine rings is 1. The minimum absolute atomic E-state index is 0.250. The molecule has 0 radical (unpaired) electrons. The fraction of sp³-hybridized carbons (Fsp3) is 0.429. The Labute approximate surface area is 197 Å². The van der Waals surface area contributed by atoms with Gasteiger partial charge in [0.1, 0.15) is 0 Å². The van der Waals surface area contributed by atoms with Gasteiger partial charge in [0.2, 0.25) is 15.8 Å². The van der Waals surface area contributed by atoms with E-state index in [9.17, 15) is 8.42 Å². The maximum absolute atomic E-state index is 12.8. The molecule has 1 saturated heterocycles. The number of hydrogen-bond acceptors (Lipinski definition) is 8. The molecule has 2 aromatic heterocycles. The largest absolute Gasteiger partial charge is 0.333 e. The van der Waals surface area contributed by atoms with E-state index in [4.69, 9.17) is 16.1 Å². The minimum atomic E-state index is -3.61. The maximum Gasteiger partial charge on any atom is 0.268 e. The second-order valence-electron chi connectivity index (χ2n) is 7.86. The standard InChI is InChI=1S/C21H26ClN5O3S2/c1-15-19(32(28,29)23-7-4-8-27-11-9-26(2)10-12-27)14-18(31-15)21-24-20(25-30-21)16-5-3-6-17(22)13-16/h3,5-6,13-14,23H,4,7-12H2,1-2H3. The zero-order valence-corrected chi connectivity index (χ0v) is 20.4. The number of aromatic nitrogens is 2. The van der Waals surface area contributed by atoms with E-state index in [0.29, 0.717) is 27.1 Å². The number of halogens is 1. The number of benzene rings is 1. The summed E-state index contributed by atoms with van der Waals surface area (Å²) in [5.41, 5.74) is 0.732. The molecule has 0 saturated carbocycles. The summed E-state index contributed by atoms with van der Waals surface area (Å²) < 4.78 is 33.8. The van der Waals surface area contributed by atoms with Gasteiger partial charge in [0, 0.05) is 48.2 Å². The maximum atomic E-state index is 12.8. The number of thiophene rings is 1. The van der Waals surface area contributed by atoms with Crippen LogP contribution in [-0.4, -0.2) is 74.7 Å². The van der Waals surface area contributed by atoms with Crippen molar-refractivity contribution in [2.75, 3.05) is 46.3 Å². The predicted molar refractivity (Wildman–Crippen MR) is 127 cm³/mol. The van der Waals surface area contributed by atoms with E-state index in [0.717, 1.165) is 44.7 Å². The van der Waals surface area contributed by atoms with Crippen molar-refractivity contribution >= 4 is 33.0 Å². The number of aryl methyl sites for hydroxylation is 1. The minimum Gasteiger partial charge on any atom is -0.333 e. The molecule has 1 fully saturated rings. The lowest BCUT2D eigenvalue weighted by Crippen LogP contribution is -2.45. The molecule has 0 spiro atoms. The molecule has 0 amide bonds. The van der Waals surface area contributed by atoms with Gasteiger partial charge in [-0.2, -0.15) is 4.98 Å². The second kappa shape index (κ2) is 9.98. The molecule has 0 unspecified atom stereocenters. The van der Waals surface area contributed by atoms with Crippen molar-refractivity contribution in [1.82, 2.24) is 24.7 Å². The third-order valence-corrected chi connectivity index (χ3v) is 8.41. The average molecular weight is 496 g/mol. The summed E-state index contributed by atoms with van der Waals surface area (Å²) in [6, 6.07) is 8.76. The van der Waals surface area contributed by atoms with Gasteiger partial charge in [-0.15, -0.1) is 11.3 Å². The second-order valence-corrected chi connectivity index (χ2v) is 11.3. The number of likely N-dealkylation sites (N-methyl/N-ethyl adjacent to an activating group) is 1. The summed E-state index contributed by atoms with van der Waals surface area (Å²) >= 11 is 7.35. The molecule has 4 rings (SSSR count). The Kier molecular flexibility index (Phi) is 7.28. The van der Waals surface area contributed by atoms with Crippen LogP contribution >= 0.6 is 22.9 Å². The lowest BCUT2D eigenvalue weighted by Gasteiger charge is -2.32. The zero-order chi connectivity index (χ0) is 22.7. The number of nitrogens with one attached hydrogen (secondary N) is 1. The van der Waals surface area contributed by atoms with Crippen molar-refractivity contribution < 1.29 is 12.9 Å². The molecule has 8 nitrogen and oxygen atoms in total. The predicted octanol–water partition coefficient (Wildman–Crippen LogP) is 3.34. The number of sulfonamides is 1. The van der Waals surface area contributed by atoms with Crippen molar-refractivity contribution in [1.29, 1.82) is 0 Å². The molecule has 0 bridgehead atoms. The zero-order valence-electron chi connectivity index (χ0n) is 18.0. The van der Waals surface area contributed by atoms with E-state index in [1.807, 2.05) is 12.1 Å². The topological polar surface area (TPSA) is 91.6 Å². The highest BCUT2D eigenvalue weighted by atomic mass is 35.5.